The standard InChI is InChI=1S/C23H38O2/c1-5-6-7-8-22(4)24-12-23(13-25-22)11-16-9-19(23)21-18-10-17(20(16)21)14(2)15(18)3/h14-21H,5-13H2,1-4H3. The lowest BCUT2D eigenvalue weighted by Crippen LogP contribution is -2.54. The molecule has 8 unspecified atom stereocenters. The van der Waals surface area contributed by atoms with Crippen molar-refractivity contribution in [3.05, 3.63) is 0 Å². The van der Waals surface area contributed by atoms with E-state index >= 15 is 0 Å². The zero-order chi connectivity index (χ0) is 17.4. The maximum atomic E-state index is 6.46. The fourth-order valence-corrected chi connectivity index (χ4v) is 8.38. The van der Waals surface area contributed by atoms with Gasteiger partial charge in [-0.3, -0.25) is 0 Å². The van der Waals surface area contributed by atoms with E-state index in [2.05, 4.69) is 27.7 Å². The summed E-state index contributed by atoms with van der Waals surface area (Å²) in [7, 11) is 0. The van der Waals surface area contributed by atoms with Crippen LogP contribution in [0.15, 0.2) is 0 Å². The minimum absolute atomic E-state index is 0.307. The molecule has 1 saturated heterocycles. The molecule has 1 aliphatic heterocycles. The van der Waals surface area contributed by atoms with E-state index in [1.165, 1.54) is 38.5 Å². The number of unbranched alkanes of at least 4 members (excludes halogenated alkanes) is 2. The van der Waals surface area contributed by atoms with Crippen LogP contribution in [0.25, 0.3) is 0 Å². The molecular formula is C23H38O2. The molecule has 0 radical (unpaired) electrons. The second-order valence-electron chi connectivity index (χ2n) is 10.8. The molecule has 2 heteroatoms. The van der Waals surface area contributed by atoms with E-state index in [1.54, 1.807) is 0 Å². The van der Waals surface area contributed by atoms with Crippen molar-refractivity contribution in [3.8, 4) is 0 Å². The van der Waals surface area contributed by atoms with E-state index in [1.807, 2.05) is 0 Å². The maximum absolute atomic E-state index is 6.46. The molecule has 8 atom stereocenters. The van der Waals surface area contributed by atoms with Gasteiger partial charge in [-0.1, -0.05) is 33.6 Å². The molecule has 1 spiro atoms. The predicted octanol–water partition coefficient (Wildman–Crippen LogP) is 5.51. The molecule has 142 valence electrons. The summed E-state index contributed by atoms with van der Waals surface area (Å²) in [6.07, 6.45) is 9.28. The smallest absolute Gasteiger partial charge is 0.165 e. The SMILES string of the molecule is CCCCCC1(C)OCC2(CO1)CC1CC2C2C3CC(C(C)C3C)C12. The van der Waals surface area contributed by atoms with Crippen LogP contribution < -0.4 is 0 Å². The van der Waals surface area contributed by atoms with E-state index in [0.29, 0.717) is 5.41 Å². The van der Waals surface area contributed by atoms with Crippen molar-refractivity contribution in [2.45, 2.75) is 78.4 Å². The molecule has 2 nitrogen and oxygen atoms in total. The van der Waals surface area contributed by atoms with Crippen molar-refractivity contribution >= 4 is 0 Å². The monoisotopic (exact) mass is 346 g/mol. The van der Waals surface area contributed by atoms with Crippen molar-refractivity contribution in [2.24, 2.45) is 52.8 Å². The quantitative estimate of drug-likeness (QED) is 0.493. The lowest BCUT2D eigenvalue weighted by molar-refractivity contribution is -0.310. The van der Waals surface area contributed by atoms with Crippen LogP contribution in [-0.2, 0) is 9.47 Å². The minimum Gasteiger partial charge on any atom is -0.350 e. The lowest BCUT2D eigenvalue weighted by Gasteiger charge is -2.52. The summed E-state index contributed by atoms with van der Waals surface area (Å²) in [6.45, 7) is 11.5. The van der Waals surface area contributed by atoms with Crippen molar-refractivity contribution in [1.82, 2.24) is 0 Å². The highest BCUT2D eigenvalue weighted by molar-refractivity contribution is 5.17. The van der Waals surface area contributed by atoms with Gasteiger partial charge in [0.1, 0.15) is 0 Å². The van der Waals surface area contributed by atoms with Gasteiger partial charge in [-0.05, 0) is 80.0 Å². The van der Waals surface area contributed by atoms with Crippen LogP contribution in [-0.4, -0.2) is 19.0 Å². The summed E-state index contributed by atoms with van der Waals surface area (Å²) >= 11 is 0. The molecule has 25 heavy (non-hydrogen) atoms. The number of rotatable bonds is 4. The summed E-state index contributed by atoms with van der Waals surface area (Å²) in [5.74, 6) is 7.62. The largest absolute Gasteiger partial charge is 0.350 e. The Morgan fingerprint density at radius 3 is 2.28 bits per heavy atom. The van der Waals surface area contributed by atoms with Gasteiger partial charge >= 0.3 is 0 Å². The number of fused-ring (bicyclic) bond motifs is 10. The molecule has 0 aromatic heterocycles. The highest BCUT2D eigenvalue weighted by atomic mass is 16.7. The second-order valence-corrected chi connectivity index (χ2v) is 10.8. The van der Waals surface area contributed by atoms with E-state index in [-0.39, 0.29) is 5.79 Å². The highest BCUT2D eigenvalue weighted by Gasteiger charge is 2.70. The summed E-state index contributed by atoms with van der Waals surface area (Å²) in [6, 6.07) is 0. The van der Waals surface area contributed by atoms with E-state index in [0.717, 1.165) is 67.0 Å². The molecule has 4 aliphatic carbocycles. The molecule has 4 saturated carbocycles. The Bertz CT molecular complexity index is 520. The Labute approximate surface area is 154 Å². The number of hydrogen-bond acceptors (Lipinski definition) is 2. The summed E-state index contributed by atoms with van der Waals surface area (Å²) in [4.78, 5) is 0. The van der Waals surface area contributed by atoms with Gasteiger partial charge in [0.25, 0.3) is 0 Å². The zero-order valence-electron chi connectivity index (χ0n) is 16.8. The lowest BCUT2D eigenvalue weighted by atomic mass is 9.58. The minimum atomic E-state index is -0.307. The van der Waals surface area contributed by atoms with Gasteiger partial charge in [-0.2, -0.15) is 0 Å². The third-order valence-corrected chi connectivity index (χ3v) is 9.74. The Hall–Kier alpha value is -0.0800. The van der Waals surface area contributed by atoms with Crippen molar-refractivity contribution in [1.29, 1.82) is 0 Å². The topological polar surface area (TPSA) is 18.5 Å². The predicted molar refractivity (Wildman–Crippen MR) is 100 cm³/mol. The van der Waals surface area contributed by atoms with Gasteiger partial charge in [0, 0.05) is 11.8 Å². The van der Waals surface area contributed by atoms with Crippen LogP contribution in [0.2, 0.25) is 0 Å². The first kappa shape index (κ1) is 17.0. The molecule has 0 aromatic carbocycles. The van der Waals surface area contributed by atoms with Crippen LogP contribution in [0.4, 0.5) is 0 Å². The van der Waals surface area contributed by atoms with Crippen LogP contribution in [0, 0.1) is 52.8 Å². The summed E-state index contributed by atoms with van der Waals surface area (Å²) in [5.41, 5.74) is 0.365. The van der Waals surface area contributed by atoms with Gasteiger partial charge in [0.15, 0.2) is 5.79 Å². The van der Waals surface area contributed by atoms with Crippen LogP contribution in [0.1, 0.15) is 72.6 Å². The number of ether oxygens (including phenoxy) is 2. The first-order valence-corrected chi connectivity index (χ1v) is 11.3. The molecule has 0 amide bonds. The van der Waals surface area contributed by atoms with Crippen molar-refractivity contribution in [2.75, 3.05) is 13.2 Å². The Balaban J connectivity index is 1.29. The van der Waals surface area contributed by atoms with Gasteiger partial charge in [0.05, 0.1) is 13.2 Å². The van der Waals surface area contributed by atoms with E-state index in [9.17, 15) is 0 Å². The first-order valence-electron chi connectivity index (χ1n) is 11.3. The van der Waals surface area contributed by atoms with Gasteiger partial charge < -0.3 is 9.47 Å². The Morgan fingerprint density at radius 2 is 1.60 bits per heavy atom. The first-order chi connectivity index (χ1) is 12.0. The Kier molecular flexibility index (Phi) is 3.89. The molecule has 0 aromatic rings. The van der Waals surface area contributed by atoms with Gasteiger partial charge in [0.2, 0.25) is 0 Å². The molecule has 0 N–H and O–H groups in total. The summed E-state index contributed by atoms with van der Waals surface area (Å²) in [5, 5.41) is 0. The van der Waals surface area contributed by atoms with Gasteiger partial charge in [-0.15, -0.1) is 0 Å². The molecule has 5 fully saturated rings. The fourth-order valence-electron chi connectivity index (χ4n) is 8.38. The van der Waals surface area contributed by atoms with Crippen molar-refractivity contribution in [3.63, 3.8) is 0 Å². The maximum Gasteiger partial charge on any atom is 0.165 e. The average Bonchev–Trinajstić information content (AvgIpc) is 3.31. The molecular weight excluding hydrogens is 308 g/mol. The normalized spacial score (nSPS) is 59.0. The van der Waals surface area contributed by atoms with Gasteiger partial charge in [-0.25, -0.2) is 0 Å². The average molecular weight is 347 g/mol. The third-order valence-electron chi connectivity index (χ3n) is 9.74. The third kappa shape index (κ3) is 2.29. The molecule has 4 bridgehead atoms. The molecule has 5 rings (SSSR count). The van der Waals surface area contributed by atoms with Crippen LogP contribution in [0.3, 0.4) is 0 Å². The van der Waals surface area contributed by atoms with Crippen molar-refractivity contribution < 1.29 is 9.47 Å². The van der Waals surface area contributed by atoms with E-state index < -0.39 is 0 Å². The van der Waals surface area contributed by atoms with Crippen LogP contribution >= 0.6 is 0 Å². The highest BCUT2D eigenvalue weighted by Crippen LogP contribution is 2.74. The van der Waals surface area contributed by atoms with E-state index in [4.69, 9.17) is 9.47 Å². The Morgan fingerprint density at radius 1 is 0.920 bits per heavy atom. The fraction of sp³-hybridized carbons (Fsp3) is 1.00. The number of hydrogen-bond donors (Lipinski definition) is 0. The second kappa shape index (κ2) is 5.71. The molecule has 1 heterocycles. The molecule has 5 aliphatic rings. The zero-order valence-corrected chi connectivity index (χ0v) is 16.8. The summed E-state index contributed by atoms with van der Waals surface area (Å²) < 4.78 is 12.9. The van der Waals surface area contributed by atoms with Crippen LogP contribution in [0.5, 0.6) is 0 Å².